The molecular formula is C40H55N7O6S. The van der Waals surface area contributed by atoms with Gasteiger partial charge in [-0.1, -0.05) is 19.9 Å². The van der Waals surface area contributed by atoms with Crippen molar-refractivity contribution in [3.05, 3.63) is 53.3 Å². The van der Waals surface area contributed by atoms with E-state index in [2.05, 4.69) is 60.3 Å². The number of nitrogens with one attached hydrogen (secondary N) is 2. The van der Waals surface area contributed by atoms with Gasteiger partial charge in [-0.2, -0.15) is 0 Å². The summed E-state index contributed by atoms with van der Waals surface area (Å²) in [6, 6.07) is 8.36. The number of likely N-dealkylation sites (N-methyl/N-ethyl adjacent to an activating group) is 1. The lowest BCUT2D eigenvalue weighted by Crippen LogP contribution is -2.61. The fourth-order valence-electron chi connectivity index (χ4n) is 7.60. The molecule has 54 heavy (non-hydrogen) atoms. The van der Waals surface area contributed by atoms with Crippen molar-refractivity contribution in [2.75, 3.05) is 46.8 Å². The molecule has 3 aliphatic rings. The van der Waals surface area contributed by atoms with E-state index in [0.717, 1.165) is 50.6 Å². The van der Waals surface area contributed by atoms with Crippen molar-refractivity contribution in [1.82, 2.24) is 30.2 Å². The summed E-state index contributed by atoms with van der Waals surface area (Å²) in [5.41, 5.74) is 9.00. The number of benzene rings is 1. The Morgan fingerprint density at radius 2 is 2.02 bits per heavy atom. The number of cyclic esters (lactones) is 1. The van der Waals surface area contributed by atoms with Crippen LogP contribution in [0.3, 0.4) is 0 Å². The normalized spacial score (nSPS) is 23.0. The first kappa shape index (κ1) is 39.7. The van der Waals surface area contributed by atoms with Gasteiger partial charge in [0.25, 0.3) is 5.91 Å². The quantitative estimate of drug-likeness (QED) is 0.278. The highest BCUT2D eigenvalue weighted by atomic mass is 32.2. The second-order valence-corrected chi connectivity index (χ2v) is 16.5. The summed E-state index contributed by atoms with van der Waals surface area (Å²) >= 11 is 1.61. The molecule has 1 unspecified atom stereocenters. The second kappa shape index (κ2) is 16.8. The minimum atomic E-state index is -0.904. The Labute approximate surface area is 322 Å². The van der Waals surface area contributed by atoms with Gasteiger partial charge >= 0.3 is 12.0 Å². The number of amides is 3. The number of carbonyl (C=O) groups is 3. The highest BCUT2D eigenvalue weighted by molar-refractivity contribution is 8.14. The van der Waals surface area contributed by atoms with Gasteiger partial charge in [-0.15, -0.1) is 11.8 Å². The van der Waals surface area contributed by atoms with Gasteiger partial charge in [-0.25, -0.2) is 10.2 Å². The molecule has 3 aliphatic heterocycles. The van der Waals surface area contributed by atoms with Crippen molar-refractivity contribution in [2.24, 2.45) is 10.4 Å². The molecule has 6 bridgehead atoms. The third kappa shape index (κ3) is 8.31. The molecule has 5 atom stereocenters. The third-order valence-corrected chi connectivity index (χ3v) is 11.9. The Kier molecular flexibility index (Phi) is 12.4. The lowest BCUT2D eigenvalue weighted by Gasteiger charge is -2.36. The van der Waals surface area contributed by atoms with E-state index < -0.39 is 23.5 Å². The Bertz CT molecular complexity index is 1900. The fraction of sp³-hybridized carbons (Fsp3) is 0.575. The zero-order chi connectivity index (χ0) is 38.7. The van der Waals surface area contributed by atoms with E-state index in [0.29, 0.717) is 38.2 Å². The Balaban J connectivity index is 1.45. The molecular weight excluding hydrogens is 707 g/mol. The molecule has 2 N–H and O–H groups in total. The van der Waals surface area contributed by atoms with E-state index in [9.17, 15) is 14.4 Å². The molecule has 1 aromatic carbocycles. The molecule has 5 heterocycles. The second-order valence-electron chi connectivity index (χ2n) is 15.4. The number of hydrogen-bond donors (Lipinski definition) is 2. The van der Waals surface area contributed by atoms with Crippen LogP contribution in [0.1, 0.15) is 82.8 Å². The maximum atomic E-state index is 14.2. The molecule has 0 aliphatic carbocycles. The summed E-state index contributed by atoms with van der Waals surface area (Å²) in [7, 11) is 4.97. The summed E-state index contributed by atoms with van der Waals surface area (Å²) in [6.45, 7) is 12.0. The average Bonchev–Trinajstić information content (AvgIpc) is 3.77. The van der Waals surface area contributed by atoms with Crippen LogP contribution >= 0.6 is 11.8 Å². The van der Waals surface area contributed by atoms with Gasteiger partial charge in [0.05, 0.1) is 47.8 Å². The van der Waals surface area contributed by atoms with E-state index in [4.69, 9.17) is 24.2 Å². The van der Waals surface area contributed by atoms with Crippen LogP contribution in [0.2, 0.25) is 0 Å². The first-order chi connectivity index (χ1) is 25.8. The lowest BCUT2D eigenvalue weighted by atomic mass is 9.84. The number of fused-ring (bicyclic) bond motifs is 5. The van der Waals surface area contributed by atoms with Crippen molar-refractivity contribution >= 4 is 45.6 Å². The first-order valence-corrected chi connectivity index (χ1v) is 19.9. The molecule has 0 saturated carbocycles. The number of methoxy groups -OCH3 is 2. The van der Waals surface area contributed by atoms with Crippen LogP contribution in [0.5, 0.6) is 0 Å². The highest BCUT2D eigenvalue weighted by Gasteiger charge is 2.37. The number of rotatable bonds is 8. The number of aliphatic imine (C=N–C) groups is 1. The van der Waals surface area contributed by atoms with Gasteiger partial charge in [-0.3, -0.25) is 24.6 Å². The van der Waals surface area contributed by atoms with Crippen LogP contribution in [0.4, 0.5) is 4.79 Å². The van der Waals surface area contributed by atoms with Crippen molar-refractivity contribution < 1.29 is 28.6 Å². The number of ether oxygens (including phenoxy) is 3. The van der Waals surface area contributed by atoms with Crippen LogP contribution in [-0.2, 0) is 36.8 Å². The van der Waals surface area contributed by atoms with E-state index in [1.807, 2.05) is 19.9 Å². The zero-order valence-electron chi connectivity index (χ0n) is 32.8. The van der Waals surface area contributed by atoms with Crippen LogP contribution in [0.25, 0.3) is 22.2 Å². The van der Waals surface area contributed by atoms with E-state index in [1.165, 1.54) is 9.91 Å². The number of nitrogens with zero attached hydrogens (tertiary/aromatic N) is 5. The van der Waals surface area contributed by atoms with Crippen LogP contribution < -0.4 is 10.7 Å². The molecule has 0 radical (unpaired) electrons. The van der Waals surface area contributed by atoms with E-state index in [-0.39, 0.29) is 43.2 Å². The Morgan fingerprint density at radius 3 is 2.76 bits per heavy atom. The molecule has 3 aromatic rings. The average molecular weight is 762 g/mol. The number of urea groups is 1. The monoisotopic (exact) mass is 761 g/mol. The lowest BCUT2D eigenvalue weighted by molar-refractivity contribution is -0.155. The molecule has 292 valence electrons. The third-order valence-electron chi connectivity index (χ3n) is 10.8. The predicted molar refractivity (Wildman–Crippen MR) is 211 cm³/mol. The number of carbonyl (C=O) groups excluding carboxylic acids is 3. The van der Waals surface area contributed by atoms with E-state index in [1.54, 1.807) is 39.2 Å². The molecule has 1 saturated heterocycles. The van der Waals surface area contributed by atoms with Gasteiger partial charge in [0.15, 0.2) is 0 Å². The SMILES string of the molecule is CCn1c(-c2cccnc2[C@H](C)OC)c2c3cc(ccc31)C1CSC(=N1)C[C@H](NC(=O)N(C)[C@@H](C)COC)C(=O)N1CCC[C@H](N1)C(=O)OCC(C)(C)C2. The molecule has 13 nitrogen and oxygen atoms in total. The maximum absolute atomic E-state index is 14.2. The number of aryl methyl sites for hydroxylation is 1. The van der Waals surface area contributed by atoms with Gasteiger partial charge < -0.3 is 29.0 Å². The number of thioether (sulfide) groups is 1. The summed E-state index contributed by atoms with van der Waals surface area (Å²) in [5.74, 6) is -0.0116. The molecule has 3 amide bonds. The summed E-state index contributed by atoms with van der Waals surface area (Å²) in [6.07, 6.45) is 3.58. The summed E-state index contributed by atoms with van der Waals surface area (Å²) in [4.78, 5) is 52.8. The largest absolute Gasteiger partial charge is 0.464 e. The van der Waals surface area contributed by atoms with Gasteiger partial charge in [0, 0.05) is 74.6 Å². The van der Waals surface area contributed by atoms with Crippen molar-refractivity contribution in [2.45, 2.75) is 97.1 Å². The number of hydrazine groups is 1. The number of aromatic nitrogens is 2. The maximum Gasteiger partial charge on any atom is 0.324 e. The Hall–Kier alpha value is -3.98. The highest BCUT2D eigenvalue weighted by Crippen LogP contribution is 2.42. The summed E-state index contributed by atoms with van der Waals surface area (Å²) in [5, 5.41) is 6.36. The first-order valence-electron chi connectivity index (χ1n) is 18.9. The smallest absolute Gasteiger partial charge is 0.324 e. The van der Waals surface area contributed by atoms with Crippen LogP contribution in [0.15, 0.2) is 41.5 Å². The standard InChI is InChI=1S/C40H55N7O6S/c1-9-46-33-15-14-26-18-28(33)29(36(46)27-12-10-16-41-35(27)25(3)52-8)20-40(4,5)23-53-38(49)30-13-11-17-47(44-30)37(48)31(19-34-42-32(26)22-54-34)43-39(50)45(6)24(2)21-51-7/h10,12,14-16,18,24-25,30-32,44H,9,11,13,17,19-23H2,1-8H3,(H,43,50)/t24-,25-,30-,31-,32?/m0/s1. The molecule has 2 aromatic heterocycles. The predicted octanol–water partition coefficient (Wildman–Crippen LogP) is 5.67. The molecule has 6 rings (SSSR count). The van der Waals surface area contributed by atoms with Crippen LogP contribution in [0, 0.1) is 5.41 Å². The van der Waals surface area contributed by atoms with E-state index >= 15 is 0 Å². The van der Waals surface area contributed by atoms with Gasteiger partial charge in [-0.05, 0) is 75.4 Å². The topological polar surface area (TPSA) is 140 Å². The van der Waals surface area contributed by atoms with Crippen molar-refractivity contribution in [1.29, 1.82) is 0 Å². The number of hydrogen-bond acceptors (Lipinski definition) is 10. The number of esters is 1. The molecule has 1 fully saturated rings. The van der Waals surface area contributed by atoms with Crippen LogP contribution in [-0.4, -0.2) is 107 Å². The minimum Gasteiger partial charge on any atom is -0.464 e. The Morgan fingerprint density at radius 1 is 1.22 bits per heavy atom. The number of pyridine rings is 1. The van der Waals surface area contributed by atoms with Gasteiger partial charge in [0.1, 0.15) is 12.1 Å². The molecule has 0 spiro atoms. The molecule has 14 heteroatoms. The van der Waals surface area contributed by atoms with Crippen molar-refractivity contribution in [3.8, 4) is 11.3 Å². The zero-order valence-corrected chi connectivity index (χ0v) is 33.6. The van der Waals surface area contributed by atoms with Gasteiger partial charge in [0.2, 0.25) is 0 Å². The summed E-state index contributed by atoms with van der Waals surface area (Å²) < 4.78 is 19.5. The fourth-order valence-corrected chi connectivity index (χ4v) is 8.71. The van der Waals surface area contributed by atoms with Crippen molar-refractivity contribution in [3.63, 3.8) is 0 Å². The minimum absolute atomic E-state index is 0.126.